The van der Waals surface area contributed by atoms with Crippen molar-refractivity contribution < 1.29 is 24.3 Å². The predicted octanol–water partition coefficient (Wildman–Crippen LogP) is -1.22. The molecule has 0 amide bonds. The lowest BCUT2D eigenvalue weighted by Gasteiger charge is -2.14. The largest absolute Gasteiger partial charge is 0.549 e. The molecule has 0 bridgehead atoms. The summed E-state index contributed by atoms with van der Waals surface area (Å²) >= 11 is 0. The first kappa shape index (κ1) is 14.4. The number of nitrogens with zero attached hydrogens (tertiary/aromatic N) is 1. The van der Waals surface area contributed by atoms with Crippen molar-refractivity contribution in [3.05, 3.63) is 0 Å². The lowest BCUT2D eigenvalue weighted by Crippen LogP contribution is -2.34. The Balaban J connectivity index is 0. The van der Waals surface area contributed by atoms with Gasteiger partial charge in [0, 0.05) is 0 Å². The van der Waals surface area contributed by atoms with E-state index in [-0.39, 0.29) is 0 Å². The van der Waals surface area contributed by atoms with Gasteiger partial charge in [-0.25, -0.2) is 0 Å². The third-order valence-electron chi connectivity index (χ3n) is 0.724. The maximum atomic E-state index is 9.72. The van der Waals surface area contributed by atoms with Crippen LogP contribution in [0.3, 0.4) is 0 Å². The van der Waals surface area contributed by atoms with Crippen LogP contribution in [0, 0.1) is 5.92 Å². The second-order valence-electron chi connectivity index (χ2n) is 4.06. The Morgan fingerprint density at radius 2 is 1.46 bits per heavy atom. The van der Waals surface area contributed by atoms with Gasteiger partial charge in [-0.3, -0.25) is 4.79 Å². The van der Waals surface area contributed by atoms with Crippen LogP contribution in [0.15, 0.2) is 0 Å². The molecule has 5 nitrogen and oxygen atoms in total. The molecule has 0 saturated carbocycles. The van der Waals surface area contributed by atoms with Crippen molar-refractivity contribution in [2.45, 2.75) is 6.92 Å². The van der Waals surface area contributed by atoms with E-state index in [4.69, 9.17) is 5.11 Å². The van der Waals surface area contributed by atoms with Crippen LogP contribution in [-0.2, 0) is 9.59 Å². The SMILES string of the molecule is CC(C(=O)[O-])C(=O)O.C[N+](C)(C)C. The zero-order valence-electron chi connectivity index (χ0n) is 8.70. The number of aliphatic carboxylic acids is 2. The fourth-order valence-electron chi connectivity index (χ4n) is 0.101. The Hall–Kier alpha value is -1.10. The van der Waals surface area contributed by atoms with Crippen molar-refractivity contribution >= 4 is 11.9 Å². The monoisotopic (exact) mass is 191 g/mol. The molecular weight excluding hydrogens is 174 g/mol. The molecule has 0 rings (SSSR count). The highest BCUT2D eigenvalue weighted by molar-refractivity contribution is 5.91. The average molecular weight is 191 g/mol. The summed E-state index contributed by atoms with van der Waals surface area (Å²) < 4.78 is 1.00. The summed E-state index contributed by atoms with van der Waals surface area (Å²) in [6.07, 6.45) is 0. The minimum Gasteiger partial charge on any atom is -0.549 e. The third-order valence-corrected chi connectivity index (χ3v) is 0.724. The summed E-state index contributed by atoms with van der Waals surface area (Å²) in [7, 11) is 8.50. The molecule has 1 N–H and O–H groups in total. The molecule has 78 valence electrons. The number of carboxylic acid groups (broad SMARTS) is 2. The summed E-state index contributed by atoms with van der Waals surface area (Å²) in [5, 5.41) is 17.6. The van der Waals surface area contributed by atoms with Crippen LogP contribution >= 0.6 is 0 Å². The van der Waals surface area contributed by atoms with E-state index >= 15 is 0 Å². The molecule has 5 heteroatoms. The van der Waals surface area contributed by atoms with Gasteiger partial charge in [0.15, 0.2) is 0 Å². The quantitative estimate of drug-likeness (QED) is 0.438. The van der Waals surface area contributed by atoms with Crippen molar-refractivity contribution in [1.29, 1.82) is 0 Å². The van der Waals surface area contributed by atoms with Gasteiger partial charge in [0.1, 0.15) is 0 Å². The van der Waals surface area contributed by atoms with Crippen LogP contribution in [0.1, 0.15) is 6.92 Å². The molecule has 13 heavy (non-hydrogen) atoms. The maximum Gasteiger partial charge on any atom is 0.311 e. The predicted molar refractivity (Wildman–Crippen MR) is 45.8 cm³/mol. The van der Waals surface area contributed by atoms with Gasteiger partial charge in [0.25, 0.3) is 0 Å². The van der Waals surface area contributed by atoms with E-state index in [1.54, 1.807) is 0 Å². The summed E-state index contributed by atoms with van der Waals surface area (Å²) in [4.78, 5) is 19.4. The first-order valence-electron chi connectivity index (χ1n) is 3.78. The Morgan fingerprint density at radius 3 is 1.46 bits per heavy atom. The van der Waals surface area contributed by atoms with Crippen molar-refractivity contribution in [2.24, 2.45) is 5.92 Å². The Kier molecular flexibility index (Phi) is 6.14. The highest BCUT2D eigenvalue weighted by atomic mass is 16.4. The molecule has 0 aromatic rings. The van der Waals surface area contributed by atoms with E-state index < -0.39 is 17.9 Å². The molecule has 1 atom stereocenters. The van der Waals surface area contributed by atoms with Gasteiger partial charge < -0.3 is 19.5 Å². The standard InChI is InChI=1S/C4H12N.C4H6O4/c1-5(2,3)4;1-2(3(5)6)4(7)8/h1-4H3;2H,1H3,(H,5,6)(H,7,8)/q+1;/p-1. The van der Waals surface area contributed by atoms with E-state index in [0.29, 0.717) is 0 Å². The Morgan fingerprint density at radius 1 is 1.23 bits per heavy atom. The van der Waals surface area contributed by atoms with Crippen LogP contribution in [0.25, 0.3) is 0 Å². The summed E-state index contributed by atoms with van der Waals surface area (Å²) in [5.41, 5.74) is 0. The molecule has 0 radical (unpaired) electrons. The first-order valence-corrected chi connectivity index (χ1v) is 3.78. The van der Waals surface area contributed by atoms with E-state index in [1.807, 2.05) is 0 Å². The number of carbonyl (C=O) groups is 2. The molecule has 1 unspecified atom stereocenters. The van der Waals surface area contributed by atoms with Gasteiger partial charge in [0.05, 0.1) is 40.1 Å². The average Bonchev–Trinajstić information content (AvgIpc) is 1.81. The van der Waals surface area contributed by atoms with Crippen LogP contribution in [0.2, 0.25) is 0 Å². The lowest BCUT2D eigenvalue weighted by molar-refractivity contribution is -0.849. The van der Waals surface area contributed by atoms with Crippen LogP contribution in [0.5, 0.6) is 0 Å². The second kappa shape index (κ2) is 5.53. The summed E-state index contributed by atoms with van der Waals surface area (Å²) in [5.74, 6) is -4.34. The second-order valence-corrected chi connectivity index (χ2v) is 4.06. The van der Waals surface area contributed by atoms with Gasteiger partial charge in [0.2, 0.25) is 0 Å². The minimum atomic E-state index is -1.56. The summed E-state index contributed by atoms with van der Waals surface area (Å²) in [6, 6.07) is 0. The topological polar surface area (TPSA) is 77.4 Å². The summed E-state index contributed by atoms with van der Waals surface area (Å²) in [6.45, 7) is 1.05. The first-order chi connectivity index (χ1) is 5.55. The third kappa shape index (κ3) is 18.1. The zero-order chi connectivity index (χ0) is 11.2. The van der Waals surface area contributed by atoms with Crippen molar-refractivity contribution in [3.63, 3.8) is 0 Å². The fourth-order valence-corrected chi connectivity index (χ4v) is 0.101. The smallest absolute Gasteiger partial charge is 0.311 e. The number of hydrogen-bond donors (Lipinski definition) is 1. The molecule has 0 aliphatic heterocycles. The molecule has 0 aromatic heterocycles. The molecule has 0 heterocycles. The normalized spacial score (nSPS) is 12.4. The van der Waals surface area contributed by atoms with E-state index in [9.17, 15) is 14.7 Å². The number of hydrogen-bond acceptors (Lipinski definition) is 3. The van der Waals surface area contributed by atoms with Gasteiger partial charge in [-0.15, -0.1) is 0 Å². The highest BCUT2D eigenvalue weighted by Gasteiger charge is 2.09. The molecular formula is C8H17NO4. The van der Waals surface area contributed by atoms with E-state index in [0.717, 1.165) is 11.4 Å². The molecule has 0 saturated heterocycles. The van der Waals surface area contributed by atoms with Crippen molar-refractivity contribution in [3.8, 4) is 0 Å². The molecule has 0 spiro atoms. The van der Waals surface area contributed by atoms with E-state index in [1.165, 1.54) is 0 Å². The van der Waals surface area contributed by atoms with Gasteiger partial charge in [-0.05, 0) is 6.92 Å². The number of quaternary nitrogens is 1. The van der Waals surface area contributed by atoms with Crippen LogP contribution in [-0.4, -0.2) is 49.7 Å². The number of carboxylic acids is 2. The minimum absolute atomic E-state index is 1.00. The zero-order valence-corrected chi connectivity index (χ0v) is 8.70. The number of rotatable bonds is 2. The lowest BCUT2D eigenvalue weighted by atomic mass is 10.2. The Bertz CT molecular complexity index is 163. The van der Waals surface area contributed by atoms with Crippen molar-refractivity contribution in [2.75, 3.05) is 28.2 Å². The highest BCUT2D eigenvalue weighted by Crippen LogP contribution is 1.89. The fraction of sp³-hybridized carbons (Fsp3) is 0.750. The van der Waals surface area contributed by atoms with Crippen LogP contribution in [0.4, 0.5) is 0 Å². The Labute approximate surface area is 78.2 Å². The molecule has 0 aliphatic carbocycles. The molecule has 0 aromatic carbocycles. The van der Waals surface area contributed by atoms with E-state index in [2.05, 4.69) is 28.2 Å². The molecule has 0 fully saturated rings. The van der Waals surface area contributed by atoms with Crippen LogP contribution < -0.4 is 5.11 Å². The maximum absolute atomic E-state index is 9.72. The van der Waals surface area contributed by atoms with Crippen molar-refractivity contribution in [1.82, 2.24) is 0 Å². The van der Waals surface area contributed by atoms with Gasteiger partial charge in [-0.2, -0.15) is 0 Å². The number of carbonyl (C=O) groups excluding carboxylic acids is 1. The van der Waals surface area contributed by atoms with Gasteiger partial charge >= 0.3 is 5.97 Å². The van der Waals surface area contributed by atoms with Gasteiger partial charge in [-0.1, -0.05) is 0 Å². The molecule has 0 aliphatic rings.